The van der Waals surface area contributed by atoms with E-state index in [1.165, 1.54) is 23.6 Å². The summed E-state index contributed by atoms with van der Waals surface area (Å²) in [5.74, 6) is -2.99. The van der Waals surface area contributed by atoms with Gasteiger partial charge in [0.15, 0.2) is 0 Å². The number of aliphatic carboxylic acids is 2. The van der Waals surface area contributed by atoms with Gasteiger partial charge in [0, 0.05) is 18.2 Å². The van der Waals surface area contributed by atoms with Gasteiger partial charge >= 0.3 is 11.9 Å². The molecule has 3 heterocycles. The van der Waals surface area contributed by atoms with Gasteiger partial charge in [0.25, 0.3) is 0 Å². The number of nitrogens with one attached hydrogen (secondary N) is 1. The van der Waals surface area contributed by atoms with E-state index in [-0.39, 0.29) is 40.2 Å². The molecule has 1 aromatic heterocycles. The molecule has 14 heteroatoms. The van der Waals surface area contributed by atoms with Crippen LogP contribution in [0.1, 0.15) is 13.3 Å². The van der Waals surface area contributed by atoms with E-state index in [9.17, 15) is 24.3 Å². The number of fused-ring (bicyclic) bond motifs is 1. The number of carboxylic acid groups (broad SMARTS) is 2. The minimum absolute atomic E-state index is 0.0517. The zero-order chi connectivity index (χ0) is 19.7. The Hall–Kier alpha value is -2.61. The van der Waals surface area contributed by atoms with Crippen molar-refractivity contribution >= 4 is 47.3 Å². The molecule has 27 heavy (non-hydrogen) atoms. The molecule has 0 spiro atoms. The van der Waals surface area contributed by atoms with E-state index in [2.05, 4.69) is 20.8 Å². The second-order valence-electron chi connectivity index (χ2n) is 5.62. The maximum atomic E-state index is 11.9. The first-order valence-electron chi connectivity index (χ1n) is 7.59. The first-order chi connectivity index (χ1) is 12.8. The summed E-state index contributed by atoms with van der Waals surface area (Å²) in [4.78, 5) is 47.3. The van der Waals surface area contributed by atoms with E-state index in [1.54, 1.807) is 0 Å². The third-order valence-corrected chi connectivity index (χ3v) is 6.11. The summed E-state index contributed by atoms with van der Waals surface area (Å²) >= 11 is 2.30. The zero-order valence-corrected chi connectivity index (χ0v) is 15.5. The fraction of sp³-hybridized carbons (Fsp3) is 0.462. The fourth-order valence-electron chi connectivity index (χ4n) is 2.64. The third-order valence-electron chi connectivity index (χ3n) is 3.74. The molecule has 0 radical (unpaired) electrons. The van der Waals surface area contributed by atoms with Gasteiger partial charge in [0.1, 0.15) is 17.6 Å². The van der Waals surface area contributed by atoms with Crippen LogP contribution in [0.3, 0.4) is 0 Å². The number of β-lactam (4-membered cyclic amide) rings is 1. The predicted molar refractivity (Wildman–Crippen MR) is 91.3 cm³/mol. The summed E-state index contributed by atoms with van der Waals surface area (Å²) in [7, 11) is 0. The van der Waals surface area contributed by atoms with Gasteiger partial charge in [-0.2, -0.15) is 0 Å². The van der Waals surface area contributed by atoms with Crippen molar-refractivity contribution in [1.82, 2.24) is 30.4 Å². The third kappa shape index (κ3) is 3.90. The van der Waals surface area contributed by atoms with Crippen molar-refractivity contribution in [3.05, 3.63) is 11.3 Å². The molecule has 0 aliphatic carbocycles. The molecule has 0 bridgehead atoms. The fourth-order valence-corrected chi connectivity index (χ4v) is 5.17. The zero-order valence-electron chi connectivity index (χ0n) is 13.9. The molecule has 2 atom stereocenters. The molecule has 2 aliphatic rings. The first kappa shape index (κ1) is 19.2. The number of tetrazole rings is 1. The SMILES string of the molecule is CC(=O)NC1S[C@@H]2CC(=O)N2C(C(=O)O)=C1CSc1nnnn1CC(=O)O. The van der Waals surface area contributed by atoms with E-state index in [0.29, 0.717) is 5.57 Å². The van der Waals surface area contributed by atoms with E-state index < -0.39 is 23.9 Å². The van der Waals surface area contributed by atoms with Gasteiger partial charge in [-0.1, -0.05) is 11.8 Å². The van der Waals surface area contributed by atoms with Crippen LogP contribution < -0.4 is 5.32 Å². The van der Waals surface area contributed by atoms with Gasteiger partial charge in [-0.15, -0.1) is 16.9 Å². The van der Waals surface area contributed by atoms with Crippen molar-refractivity contribution in [3.63, 3.8) is 0 Å². The standard InChI is InChI=1S/C13H14N6O6S2/c1-5(20)14-11-6(4-26-13-15-16-17-18(13)3-9(22)23)10(12(24)25)19-7(21)2-8(19)27-11/h8,11H,2-4H2,1H3,(H,14,20)(H,22,23)(H,24,25)/t8-,11?/m1/s1. The predicted octanol–water partition coefficient (Wildman–Crippen LogP) is -1.04. The monoisotopic (exact) mass is 414 g/mol. The molecular formula is C13H14N6O6S2. The molecule has 3 rings (SSSR count). The molecule has 1 aromatic rings. The van der Waals surface area contributed by atoms with Gasteiger partial charge in [-0.05, 0) is 10.4 Å². The molecule has 144 valence electrons. The summed E-state index contributed by atoms with van der Waals surface area (Å²) < 4.78 is 1.06. The number of amides is 2. The summed E-state index contributed by atoms with van der Waals surface area (Å²) in [5.41, 5.74) is 0.153. The summed E-state index contributed by atoms with van der Waals surface area (Å²) in [6.45, 7) is 0.869. The number of thioether (sulfide) groups is 2. The maximum absolute atomic E-state index is 11.9. The van der Waals surface area contributed by atoms with Gasteiger partial charge in [0.05, 0.1) is 11.8 Å². The van der Waals surface area contributed by atoms with Crippen molar-refractivity contribution in [1.29, 1.82) is 0 Å². The molecule has 1 saturated heterocycles. The Morgan fingerprint density at radius 2 is 2.11 bits per heavy atom. The minimum Gasteiger partial charge on any atom is -0.480 e. The highest BCUT2D eigenvalue weighted by molar-refractivity contribution is 8.01. The normalized spacial score (nSPS) is 21.5. The van der Waals surface area contributed by atoms with Crippen LogP contribution in [0.2, 0.25) is 0 Å². The number of carboxylic acids is 2. The van der Waals surface area contributed by atoms with Gasteiger partial charge in [0.2, 0.25) is 17.0 Å². The average molecular weight is 414 g/mol. The number of hydrogen-bond acceptors (Lipinski definition) is 9. The number of aromatic nitrogens is 4. The van der Waals surface area contributed by atoms with E-state index in [1.807, 2.05) is 0 Å². The molecule has 12 nitrogen and oxygen atoms in total. The van der Waals surface area contributed by atoms with Crippen LogP contribution in [-0.2, 0) is 25.7 Å². The Morgan fingerprint density at radius 1 is 1.37 bits per heavy atom. The number of nitrogens with zero attached hydrogens (tertiary/aromatic N) is 5. The second-order valence-corrected chi connectivity index (χ2v) is 7.85. The lowest BCUT2D eigenvalue weighted by molar-refractivity contribution is -0.146. The van der Waals surface area contributed by atoms with Gasteiger partial charge in [-0.3, -0.25) is 19.3 Å². The molecule has 1 fully saturated rings. The first-order valence-corrected chi connectivity index (χ1v) is 9.52. The highest BCUT2D eigenvalue weighted by Crippen LogP contribution is 2.44. The highest BCUT2D eigenvalue weighted by Gasteiger charge is 2.48. The Kier molecular flexibility index (Phi) is 5.36. The maximum Gasteiger partial charge on any atom is 0.352 e. The Balaban J connectivity index is 1.89. The minimum atomic E-state index is -1.27. The van der Waals surface area contributed by atoms with Crippen LogP contribution >= 0.6 is 23.5 Å². The summed E-state index contributed by atoms with van der Waals surface area (Å²) in [6, 6.07) is 0. The van der Waals surface area contributed by atoms with E-state index >= 15 is 0 Å². The van der Waals surface area contributed by atoms with Crippen LogP contribution in [0.15, 0.2) is 16.4 Å². The Labute approximate surface area is 160 Å². The lowest BCUT2D eigenvalue weighted by Gasteiger charge is -2.46. The van der Waals surface area contributed by atoms with Crippen molar-refractivity contribution in [3.8, 4) is 0 Å². The molecular weight excluding hydrogens is 400 g/mol. The smallest absolute Gasteiger partial charge is 0.352 e. The quantitative estimate of drug-likeness (QED) is 0.368. The molecule has 2 amide bonds. The molecule has 2 aliphatic heterocycles. The van der Waals surface area contributed by atoms with Gasteiger partial charge in [-0.25, -0.2) is 9.48 Å². The number of carbonyl (C=O) groups is 4. The van der Waals surface area contributed by atoms with Crippen LogP contribution in [-0.4, -0.2) is 75.6 Å². The summed E-state index contributed by atoms with van der Waals surface area (Å²) in [5, 5.41) is 31.1. The number of rotatable bonds is 7. The van der Waals surface area contributed by atoms with E-state index in [0.717, 1.165) is 16.4 Å². The van der Waals surface area contributed by atoms with Crippen molar-refractivity contribution in [2.24, 2.45) is 0 Å². The Bertz CT molecular complexity index is 854. The van der Waals surface area contributed by atoms with Crippen molar-refractivity contribution < 1.29 is 29.4 Å². The van der Waals surface area contributed by atoms with Crippen molar-refractivity contribution in [2.75, 3.05) is 5.75 Å². The average Bonchev–Trinajstić information content (AvgIpc) is 2.98. The molecule has 1 unspecified atom stereocenters. The Morgan fingerprint density at radius 3 is 2.70 bits per heavy atom. The number of hydrogen-bond donors (Lipinski definition) is 3. The lowest BCUT2D eigenvalue weighted by atomic mass is 10.1. The molecule has 0 aromatic carbocycles. The summed E-state index contributed by atoms with van der Waals surface area (Å²) in [6.07, 6.45) is 0.203. The molecule has 3 N–H and O–H groups in total. The van der Waals surface area contributed by atoms with Crippen LogP contribution in [0, 0.1) is 0 Å². The largest absolute Gasteiger partial charge is 0.480 e. The van der Waals surface area contributed by atoms with Crippen LogP contribution in [0.25, 0.3) is 0 Å². The highest BCUT2D eigenvalue weighted by atomic mass is 32.2. The lowest BCUT2D eigenvalue weighted by Crippen LogP contribution is -2.57. The second kappa shape index (κ2) is 7.56. The molecule has 0 saturated carbocycles. The van der Waals surface area contributed by atoms with E-state index in [4.69, 9.17) is 5.11 Å². The topological polar surface area (TPSA) is 168 Å². The van der Waals surface area contributed by atoms with Crippen LogP contribution in [0.4, 0.5) is 0 Å². The van der Waals surface area contributed by atoms with Crippen molar-refractivity contribution in [2.45, 2.75) is 35.8 Å². The van der Waals surface area contributed by atoms with Gasteiger partial charge < -0.3 is 15.5 Å². The number of carbonyl (C=O) groups excluding carboxylic acids is 2. The van der Waals surface area contributed by atoms with Crippen LogP contribution in [0.5, 0.6) is 0 Å².